The van der Waals surface area contributed by atoms with Gasteiger partial charge in [-0.05, 0) is 52.9 Å². The van der Waals surface area contributed by atoms with Gasteiger partial charge in [-0.25, -0.2) is 14.2 Å². The lowest BCUT2D eigenvalue weighted by atomic mass is 10.2. The predicted molar refractivity (Wildman–Crippen MR) is 73.6 cm³/mol. The molecule has 0 saturated heterocycles. The number of nitrogens with one attached hydrogen (secondary N) is 1. The Labute approximate surface area is 116 Å². The van der Waals surface area contributed by atoms with E-state index >= 15 is 0 Å². The van der Waals surface area contributed by atoms with Gasteiger partial charge >= 0.3 is 5.97 Å². The zero-order valence-electron chi connectivity index (χ0n) is 9.02. The molecule has 0 radical (unpaired) electrons. The molecule has 4 nitrogen and oxygen atoms in total. The second-order valence-corrected chi connectivity index (χ2v) is 4.65. The number of carboxylic acids is 1. The topological polar surface area (TPSA) is 62.2 Å². The number of benzene rings is 1. The Morgan fingerprint density at radius 3 is 2.78 bits per heavy atom. The summed E-state index contributed by atoms with van der Waals surface area (Å²) < 4.78 is 13.6. The number of anilines is 2. The predicted octanol–water partition coefficient (Wildman–Crippen LogP) is 3.27. The van der Waals surface area contributed by atoms with E-state index in [0.29, 0.717) is 14.9 Å². The monoisotopic (exact) mass is 358 g/mol. The lowest BCUT2D eigenvalue weighted by Crippen LogP contribution is -2.01. The highest BCUT2D eigenvalue weighted by Gasteiger charge is 2.06. The number of aromatic carboxylic acids is 1. The molecule has 0 aliphatic carbocycles. The first-order valence-corrected chi connectivity index (χ1v) is 6.05. The largest absolute Gasteiger partial charge is 0.477 e. The Bertz CT molecular complexity index is 604. The van der Waals surface area contributed by atoms with Gasteiger partial charge < -0.3 is 10.4 Å². The fourth-order valence-corrected chi connectivity index (χ4v) is 1.98. The van der Waals surface area contributed by atoms with Gasteiger partial charge in [-0.1, -0.05) is 0 Å². The van der Waals surface area contributed by atoms with Crippen molar-refractivity contribution >= 4 is 39.9 Å². The summed E-state index contributed by atoms with van der Waals surface area (Å²) in [6.45, 7) is 0. The van der Waals surface area contributed by atoms with Crippen molar-refractivity contribution in [2.75, 3.05) is 5.32 Å². The number of hydrogen-bond donors (Lipinski definition) is 2. The minimum Gasteiger partial charge on any atom is -0.477 e. The first-order chi connectivity index (χ1) is 8.56. The number of carbonyl (C=O) groups is 1. The van der Waals surface area contributed by atoms with Crippen molar-refractivity contribution < 1.29 is 14.3 Å². The number of aromatic nitrogens is 1. The van der Waals surface area contributed by atoms with Gasteiger partial charge in [-0.3, -0.25) is 0 Å². The molecule has 0 spiro atoms. The summed E-state index contributed by atoms with van der Waals surface area (Å²) in [6.07, 6.45) is 1.40. The Morgan fingerprint density at radius 2 is 2.11 bits per heavy atom. The Morgan fingerprint density at radius 1 is 1.33 bits per heavy atom. The number of nitrogens with zero attached hydrogens (tertiary/aromatic N) is 1. The normalized spacial score (nSPS) is 10.1. The van der Waals surface area contributed by atoms with Gasteiger partial charge in [0.25, 0.3) is 0 Å². The molecule has 0 aliphatic heterocycles. The van der Waals surface area contributed by atoms with Crippen LogP contribution in [0.1, 0.15) is 10.5 Å². The number of halogens is 2. The molecule has 0 atom stereocenters. The summed E-state index contributed by atoms with van der Waals surface area (Å²) in [7, 11) is 0. The van der Waals surface area contributed by atoms with E-state index in [1.165, 1.54) is 24.4 Å². The fraction of sp³-hybridized carbons (Fsp3) is 0. The zero-order valence-corrected chi connectivity index (χ0v) is 11.2. The Hall–Kier alpha value is -1.70. The van der Waals surface area contributed by atoms with Crippen LogP contribution in [0.2, 0.25) is 0 Å². The maximum Gasteiger partial charge on any atom is 0.354 e. The second kappa shape index (κ2) is 5.30. The van der Waals surface area contributed by atoms with Crippen LogP contribution >= 0.6 is 22.6 Å². The Kier molecular flexibility index (Phi) is 3.75. The number of rotatable bonds is 3. The first kappa shape index (κ1) is 12.7. The molecular weight excluding hydrogens is 350 g/mol. The molecule has 2 N–H and O–H groups in total. The molecule has 2 aromatic rings. The van der Waals surface area contributed by atoms with Crippen LogP contribution in [0.15, 0.2) is 36.5 Å². The van der Waals surface area contributed by atoms with E-state index in [9.17, 15) is 9.18 Å². The molecule has 0 saturated carbocycles. The van der Waals surface area contributed by atoms with Gasteiger partial charge in [-0.2, -0.15) is 0 Å². The molecule has 6 heteroatoms. The summed E-state index contributed by atoms with van der Waals surface area (Å²) >= 11 is 2.00. The van der Waals surface area contributed by atoms with Gasteiger partial charge in [0.2, 0.25) is 0 Å². The van der Waals surface area contributed by atoms with Crippen molar-refractivity contribution in [2.45, 2.75) is 0 Å². The molecule has 92 valence electrons. The highest BCUT2D eigenvalue weighted by atomic mass is 127. The molecule has 2 rings (SSSR count). The molecule has 1 aromatic carbocycles. The van der Waals surface area contributed by atoms with E-state index in [4.69, 9.17) is 5.11 Å². The lowest BCUT2D eigenvalue weighted by Gasteiger charge is -2.08. The van der Waals surface area contributed by atoms with Crippen LogP contribution in [0.3, 0.4) is 0 Å². The third kappa shape index (κ3) is 2.95. The number of hydrogen-bond acceptors (Lipinski definition) is 3. The van der Waals surface area contributed by atoms with Crippen LogP contribution in [-0.4, -0.2) is 16.1 Å². The average molecular weight is 358 g/mol. The standard InChI is InChI=1S/C12H8FIN2O2/c13-7-1-2-10(9(14)5-7)16-8-3-4-15-11(6-8)12(17)18/h1-6H,(H,15,16)(H,17,18). The fourth-order valence-electron chi connectivity index (χ4n) is 1.37. The molecule has 0 fully saturated rings. The van der Waals surface area contributed by atoms with Gasteiger partial charge in [0.15, 0.2) is 0 Å². The van der Waals surface area contributed by atoms with Crippen molar-refractivity contribution in [2.24, 2.45) is 0 Å². The molecular formula is C12H8FIN2O2. The van der Waals surface area contributed by atoms with E-state index < -0.39 is 5.97 Å². The smallest absolute Gasteiger partial charge is 0.354 e. The van der Waals surface area contributed by atoms with Crippen molar-refractivity contribution in [3.05, 3.63) is 51.6 Å². The van der Waals surface area contributed by atoms with Crippen LogP contribution in [0.25, 0.3) is 0 Å². The van der Waals surface area contributed by atoms with Gasteiger partial charge in [0, 0.05) is 15.5 Å². The minimum atomic E-state index is -1.09. The minimum absolute atomic E-state index is 0.0443. The van der Waals surface area contributed by atoms with Crippen LogP contribution in [0.5, 0.6) is 0 Å². The van der Waals surface area contributed by atoms with Crippen LogP contribution < -0.4 is 5.32 Å². The van der Waals surface area contributed by atoms with E-state index in [0.717, 1.165) is 0 Å². The highest BCUT2D eigenvalue weighted by molar-refractivity contribution is 14.1. The number of carboxylic acid groups (broad SMARTS) is 1. The maximum absolute atomic E-state index is 12.9. The zero-order chi connectivity index (χ0) is 13.1. The van der Waals surface area contributed by atoms with E-state index in [1.54, 1.807) is 12.1 Å². The summed E-state index contributed by atoms with van der Waals surface area (Å²) in [5, 5.41) is 11.8. The van der Waals surface area contributed by atoms with E-state index in [1.807, 2.05) is 22.6 Å². The third-order valence-corrected chi connectivity index (χ3v) is 3.08. The molecule has 18 heavy (non-hydrogen) atoms. The molecule has 0 amide bonds. The summed E-state index contributed by atoms with van der Waals surface area (Å²) in [4.78, 5) is 14.5. The number of pyridine rings is 1. The van der Waals surface area contributed by atoms with Gasteiger partial charge in [0.05, 0.1) is 5.69 Å². The van der Waals surface area contributed by atoms with Crippen LogP contribution in [-0.2, 0) is 0 Å². The van der Waals surface area contributed by atoms with Crippen LogP contribution in [0, 0.1) is 9.39 Å². The third-order valence-electron chi connectivity index (χ3n) is 2.19. The van der Waals surface area contributed by atoms with Gasteiger partial charge in [0.1, 0.15) is 11.5 Å². The SMILES string of the molecule is O=C(O)c1cc(Nc2ccc(F)cc2I)ccn1. The lowest BCUT2D eigenvalue weighted by molar-refractivity contribution is 0.0690. The van der Waals surface area contributed by atoms with Crippen LogP contribution in [0.4, 0.5) is 15.8 Å². The summed E-state index contributed by atoms with van der Waals surface area (Å²) in [5.74, 6) is -1.40. The molecule has 1 aromatic heterocycles. The maximum atomic E-state index is 12.9. The summed E-state index contributed by atoms with van der Waals surface area (Å²) in [5.41, 5.74) is 1.25. The second-order valence-electron chi connectivity index (χ2n) is 3.48. The summed E-state index contributed by atoms with van der Waals surface area (Å²) in [6, 6.07) is 7.39. The van der Waals surface area contributed by atoms with Crippen molar-refractivity contribution in [3.8, 4) is 0 Å². The average Bonchev–Trinajstić information content (AvgIpc) is 2.33. The first-order valence-electron chi connectivity index (χ1n) is 4.97. The molecule has 0 unspecified atom stereocenters. The van der Waals surface area contributed by atoms with Crippen molar-refractivity contribution in [1.29, 1.82) is 0 Å². The van der Waals surface area contributed by atoms with Crippen molar-refractivity contribution in [3.63, 3.8) is 0 Å². The molecule has 1 heterocycles. The quantitative estimate of drug-likeness (QED) is 0.827. The molecule has 0 bridgehead atoms. The van der Waals surface area contributed by atoms with Crippen molar-refractivity contribution in [1.82, 2.24) is 4.98 Å². The van der Waals surface area contributed by atoms with E-state index in [2.05, 4.69) is 10.3 Å². The molecule has 0 aliphatic rings. The van der Waals surface area contributed by atoms with E-state index in [-0.39, 0.29) is 11.5 Å². The highest BCUT2D eigenvalue weighted by Crippen LogP contribution is 2.23. The Balaban J connectivity index is 2.28. The van der Waals surface area contributed by atoms with Gasteiger partial charge in [-0.15, -0.1) is 0 Å².